The van der Waals surface area contributed by atoms with E-state index in [0.717, 1.165) is 5.75 Å². The maximum Gasteiger partial charge on any atom is 0.240 e. The van der Waals surface area contributed by atoms with Gasteiger partial charge in [-0.2, -0.15) is 17.0 Å². The molecule has 3 nitrogen and oxygen atoms in total. The van der Waals surface area contributed by atoms with Crippen molar-refractivity contribution in [1.29, 1.82) is 5.26 Å². The van der Waals surface area contributed by atoms with Crippen LogP contribution in [0.5, 0.6) is 0 Å². The lowest BCUT2D eigenvalue weighted by Crippen LogP contribution is -2.39. The molecule has 4 heteroatoms. The van der Waals surface area contributed by atoms with Gasteiger partial charge in [-0.25, -0.2) is 0 Å². The van der Waals surface area contributed by atoms with Gasteiger partial charge in [-0.3, -0.25) is 4.79 Å². The molecule has 86 valence electrons. The summed E-state index contributed by atoms with van der Waals surface area (Å²) < 4.78 is 0. The minimum Gasteiger partial charge on any atom is -0.354 e. The van der Waals surface area contributed by atoms with Gasteiger partial charge in [0.05, 0.1) is 6.07 Å². The van der Waals surface area contributed by atoms with Crippen LogP contribution in [0.1, 0.15) is 27.2 Å². The van der Waals surface area contributed by atoms with Gasteiger partial charge in [0.15, 0.2) is 0 Å². The van der Waals surface area contributed by atoms with Gasteiger partial charge in [-0.15, -0.1) is 0 Å². The molecule has 1 amide bonds. The smallest absolute Gasteiger partial charge is 0.240 e. The maximum absolute atomic E-state index is 11.7. The zero-order valence-corrected chi connectivity index (χ0v) is 10.8. The first-order valence-electron chi connectivity index (χ1n) is 5.18. The lowest BCUT2D eigenvalue weighted by atomic mass is 9.88. The number of nitriles is 1. The molecule has 0 radical (unpaired) electrons. The SMILES string of the molecule is CCC(C)(C#N)C(=O)NCC(C)CSC. The van der Waals surface area contributed by atoms with Gasteiger partial charge >= 0.3 is 0 Å². The fraction of sp³-hybridized carbons (Fsp3) is 0.818. The quantitative estimate of drug-likeness (QED) is 0.757. The van der Waals surface area contributed by atoms with E-state index in [2.05, 4.69) is 18.3 Å². The molecule has 0 fully saturated rings. The standard InChI is InChI=1S/C11H20N2OS/c1-5-11(3,8-12)10(14)13-6-9(2)7-15-4/h9H,5-7H2,1-4H3,(H,13,14). The van der Waals surface area contributed by atoms with Crippen molar-refractivity contribution in [3.63, 3.8) is 0 Å². The third-order valence-electron chi connectivity index (χ3n) is 2.52. The van der Waals surface area contributed by atoms with Crippen LogP contribution in [0.2, 0.25) is 0 Å². The Bertz CT molecular complexity index is 249. The summed E-state index contributed by atoms with van der Waals surface area (Å²) >= 11 is 1.76. The highest BCUT2D eigenvalue weighted by Crippen LogP contribution is 2.19. The molecule has 1 N–H and O–H groups in total. The average molecular weight is 228 g/mol. The molecule has 0 saturated carbocycles. The first-order chi connectivity index (χ1) is 7.00. The number of rotatable bonds is 6. The topological polar surface area (TPSA) is 52.9 Å². The number of nitrogens with zero attached hydrogens (tertiary/aromatic N) is 1. The van der Waals surface area contributed by atoms with Crippen molar-refractivity contribution in [1.82, 2.24) is 5.32 Å². The van der Waals surface area contributed by atoms with Crippen LogP contribution in [-0.4, -0.2) is 24.5 Å². The van der Waals surface area contributed by atoms with Gasteiger partial charge in [-0.1, -0.05) is 13.8 Å². The van der Waals surface area contributed by atoms with Crippen molar-refractivity contribution in [2.75, 3.05) is 18.6 Å². The number of nitrogens with one attached hydrogen (secondary N) is 1. The highest BCUT2D eigenvalue weighted by Gasteiger charge is 2.30. The minimum absolute atomic E-state index is 0.152. The zero-order chi connectivity index (χ0) is 11.9. The monoisotopic (exact) mass is 228 g/mol. The Morgan fingerprint density at radius 2 is 2.27 bits per heavy atom. The Labute approximate surface area is 96.6 Å². The second-order valence-corrected chi connectivity index (χ2v) is 4.98. The molecular weight excluding hydrogens is 208 g/mol. The minimum atomic E-state index is -0.876. The summed E-state index contributed by atoms with van der Waals surface area (Å²) in [6, 6.07) is 2.07. The number of carbonyl (C=O) groups is 1. The van der Waals surface area contributed by atoms with E-state index < -0.39 is 5.41 Å². The van der Waals surface area contributed by atoms with Crippen LogP contribution < -0.4 is 5.32 Å². The summed E-state index contributed by atoms with van der Waals surface area (Å²) in [6.07, 6.45) is 2.59. The maximum atomic E-state index is 11.7. The molecule has 2 atom stereocenters. The van der Waals surface area contributed by atoms with Crippen LogP contribution in [0.15, 0.2) is 0 Å². The molecule has 0 aromatic rings. The van der Waals surface area contributed by atoms with Crippen LogP contribution in [0.4, 0.5) is 0 Å². The van der Waals surface area contributed by atoms with Crippen LogP contribution in [-0.2, 0) is 4.79 Å². The average Bonchev–Trinajstić information content (AvgIpc) is 2.25. The number of hydrogen-bond donors (Lipinski definition) is 1. The number of hydrogen-bond acceptors (Lipinski definition) is 3. The highest BCUT2D eigenvalue weighted by molar-refractivity contribution is 7.98. The molecule has 0 aliphatic rings. The second-order valence-electron chi connectivity index (χ2n) is 4.07. The molecule has 0 aliphatic carbocycles. The van der Waals surface area contributed by atoms with Crippen molar-refractivity contribution >= 4 is 17.7 Å². The van der Waals surface area contributed by atoms with Gasteiger partial charge in [0.2, 0.25) is 5.91 Å². The van der Waals surface area contributed by atoms with E-state index in [1.54, 1.807) is 18.7 Å². The molecule has 0 aromatic heterocycles. The van der Waals surface area contributed by atoms with Crippen molar-refractivity contribution in [2.45, 2.75) is 27.2 Å². The molecule has 0 saturated heterocycles. The fourth-order valence-corrected chi connectivity index (χ4v) is 1.78. The normalized spacial score (nSPS) is 16.2. The Hall–Kier alpha value is -0.690. The van der Waals surface area contributed by atoms with Crippen LogP contribution in [0.3, 0.4) is 0 Å². The van der Waals surface area contributed by atoms with E-state index in [-0.39, 0.29) is 5.91 Å². The molecule has 15 heavy (non-hydrogen) atoms. The summed E-state index contributed by atoms with van der Waals surface area (Å²) in [5, 5.41) is 11.7. The Morgan fingerprint density at radius 3 is 2.67 bits per heavy atom. The number of thioether (sulfide) groups is 1. The van der Waals surface area contributed by atoms with E-state index in [1.807, 2.05) is 13.2 Å². The van der Waals surface area contributed by atoms with Crippen molar-refractivity contribution in [3.05, 3.63) is 0 Å². The molecule has 2 unspecified atom stereocenters. The largest absolute Gasteiger partial charge is 0.354 e. The molecule has 0 aromatic carbocycles. The summed E-state index contributed by atoms with van der Waals surface area (Å²) in [5.74, 6) is 1.32. The van der Waals surface area contributed by atoms with Crippen LogP contribution in [0.25, 0.3) is 0 Å². The fourth-order valence-electron chi connectivity index (χ4n) is 1.10. The lowest BCUT2D eigenvalue weighted by Gasteiger charge is -2.20. The molecular formula is C11H20N2OS. The van der Waals surface area contributed by atoms with Crippen molar-refractivity contribution < 1.29 is 4.79 Å². The summed E-state index contributed by atoms with van der Waals surface area (Å²) in [4.78, 5) is 11.7. The van der Waals surface area contributed by atoms with Crippen LogP contribution in [0, 0.1) is 22.7 Å². The first kappa shape index (κ1) is 14.3. The number of amides is 1. The van der Waals surface area contributed by atoms with Gasteiger partial charge in [-0.05, 0) is 31.3 Å². The Kier molecular flexibility index (Phi) is 6.42. The van der Waals surface area contributed by atoms with Gasteiger partial charge in [0, 0.05) is 6.54 Å². The predicted octanol–water partition coefficient (Wildman–Crippen LogP) is 2.04. The third kappa shape index (κ3) is 4.57. The van der Waals surface area contributed by atoms with Crippen molar-refractivity contribution in [2.24, 2.45) is 11.3 Å². The van der Waals surface area contributed by atoms with Crippen molar-refractivity contribution in [3.8, 4) is 6.07 Å². The van der Waals surface area contributed by atoms with Crippen LogP contribution >= 0.6 is 11.8 Å². The van der Waals surface area contributed by atoms with E-state index >= 15 is 0 Å². The Balaban J connectivity index is 4.09. The molecule has 0 rings (SSSR count). The van der Waals surface area contributed by atoms with E-state index in [9.17, 15) is 4.79 Å². The molecule has 0 bridgehead atoms. The molecule has 0 spiro atoms. The lowest BCUT2D eigenvalue weighted by molar-refractivity contribution is -0.127. The van der Waals surface area contributed by atoms with E-state index in [4.69, 9.17) is 5.26 Å². The van der Waals surface area contributed by atoms with Gasteiger partial charge < -0.3 is 5.32 Å². The highest BCUT2D eigenvalue weighted by atomic mass is 32.2. The second kappa shape index (κ2) is 6.73. The summed E-state index contributed by atoms with van der Waals surface area (Å²) in [7, 11) is 0. The molecule has 0 heterocycles. The Morgan fingerprint density at radius 1 is 1.67 bits per heavy atom. The first-order valence-corrected chi connectivity index (χ1v) is 6.58. The zero-order valence-electron chi connectivity index (χ0n) is 9.96. The number of carbonyl (C=O) groups excluding carboxylic acids is 1. The van der Waals surface area contributed by atoms with E-state index in [1.165, 1.54) is 0 Å². The molecule has 0 aliphatic heterocycles. The summed E-state index contributed by atoms with van der Waals surface area (Å²) in [6.45, 7) is 6.28. The van der Waals surface area contributed by atoms with Gasteiger partial charge in [0.25, 0.3) is 0 Å². The predicted molar refractivity (Wildman–Crippen MR) is 64.6 cm³/mol. The van der Waals surface area contributed by atoms with E-state index in [0.29, 0.717) is 18.9 Å². The summed E-state index contributed by atoms with van der Waals surface area (Å²) in [5.41, 5.74) is -0.876. The van der Waals surface area contributed by atoms with Gasteiger partial charge in [0.1, 0.15) is 5.41 Å². The third-order valence-corrected chi connectivity index (χ3v) is 3.42.